The summed E-state index contributed by atoms with van der Waals surface area (Å²) in [7, 11) is 0. The van der Waals surface area contributed by atoms with E-state index in [1.807, 2.05) is 0 Å². The monoisotopic (exact) mass is 202 g/mol. The van der Waals surface area contributed by atoms with Gasteiger partial charge in [0.05, 0.1) is 0 Å². The number of halogens is 1. The second-order valence-electron chi connectivity index (χ2n) is 3.88. The predicted molar refractivity (Wildman–Crippen MR) is 49.5 cm³/mol. The molecular weight excluding hydrogens is 188 g/mol. The molecular formula is C9H15Br. The largest absolute Gasteiger partial charge is 0.0843 e. The van der Waals surface area contributed by atoms with E-state index in [4.69, 9.17) is 0 Å². The fraction of sp³-hybridized carbons (Fsp3) is 0.778. The van der Waals surface area contributed by atoms with Gasteiger partial charge in [0.1, 0.15) is 0 Å². The van der Waals surface area contributed by atoms with Gasteiger partial charge in [0, 0.05) is 4.83 Å². The summed E-state index contributed by atoms with van der Waals surface area (Å²) in [6.07, 6.45) is 4.98. The maximum atomic E-state index is 3.64. The average Bonchev–Trinajstić information content (AvgIpc) is 1.79. The van der Waals surface area contributed by atoms with Gasteiger partial charge in [0.15, 0.2) is 0 Å². The quantitative estimate of drug-likeness (QED) is 0.417. The Morgan fingerprint density at radius 1 is 1.60 bits per heavy atom. The lowest BCUT2D eigenvalue weighted by Crippen LogP contribution is -2.18. The van der Waals surface area contributed by atoms with Gasteiger partial charge in [-0.05, 0) is 25.2 Å². The fourth-order valence-corrected chi connectivity index (χ4v) is 1.87. The minimum absolute atomic E-state index is 0.439. The summed E-state index contributed by atoms with van der Waals surface area (Å²) < 4.78 is 0. The van der Waals surface area contributed by atoms with E-state index in [2.05, 4.69) is 42.8 Å². The molecule has 0 bridgehead atoms. The summed E-state index contributed by atoms with van der Waals surface area (Å²) in [5.41, 5.74) is 1.94. The van der Waals surface area contributed by atoms with Gasteiger partial charge in [-0.3, -0.25) is 0 Å². The minimum Gasteiger partial charge on any atom is -0.0843 e. The zero-order valence-electron chi connectivity index (χ0n) is 6.95. The lowest BCUT2D eigenvalue weighted by Gasteiger charge is -2.29. The van der Waals surface area contributed by atoms with Crippen molar-refractivity contribution in [2.24, 2.45) is 5.41 Å². The first-order valence-electron chi connectivity index (χ1n) is 3.85. The third kappa shape index (κ3) is 1.85. The van der Waals surface area contributed by atoms with Crippen LogP contribution in [0.1, 0.15) is 33.6 Å². The molecule has 1 rings (SSSR count). The molecule has 58 valence electrons. The molecule has 1 aliphatic rings. The molecule has 0 aromatic rings. The topological polar surface area (TPSA) is 0 Å². The first-order chi connectivity index (χ1) is 4.51. The van der Waals surface area contributed by atoms with E-state index in [-0.39, 0.29) is 0 Å². The Balaban J connectivity index is 2.76. The number of alkyl halides is 1. The molecule has 0 aromatic heterocycles. The molecule has 1 atom stereocenters. The Morgan fingerprint density at radius 3 is 2.60 bits per heavy atom. The SMILES string of the molecule is CC1=CC(C)(C)CCC1Br. The van der Waals surface area contributed by atoms with E-state index in [0.717, 1.165) is 0 Å². The molecule has 0 aromatic carbocycles. The van der Waals surface area contributed by atoms with E-state index in [0.29, 0.717) is 10.2 Å². The third-order valence-corrected chi connectivity index (χ3v) is 3.33. The lowest BCUT2D eigenvalue weighted by molar-refractivity contribution is 0.402. The summed E-state index contributed by atoms with van der Waals surface area (Å²) in [5.74, 6) is 0. The molecule has 0 amide bonds. The molecule has 0 spiro atoms. The van der Waals surface area contributed by atoms with E-state index in [1.165, 1.54) is 18.4 Å². The van der Waals surface area contributed by atoms with E-state index >= 15 is 0 Å². The van der Waals surface area contributed by atoms with Crippen LogP contribution in [0.2, 0.25) is 0 Å². The van der Waals surface area contributed by atoms with Gasteiger partial charge in [-0.2, -0.15) is 0 Å². The lowest BCUT2D eigenvalue weighted by atomic mass is 9.80. The van der Waals surface area contributed by atoms with Crippen LogP contribution in [0, 0.1) is 5.41 Å². The standard InChI is InChI=1S/C9H15Br/c1-7-6-9(2,3)5-4-8(7)10/h6,8H,4-5H2,1-3H3. The number of rotatable bonds is 0. The van der Waals surface area contributed by atoms with Gasteiger partial charge in [0.2, 0.25) is 0 Å². The molecule has 0 N–H and O–H groups in total. The average molecular weight is 203 g/mol. The maximum absolute atomic E-state index is 3.64. The van der Waals surface area contributed by atoms with Crippen molar-refractivity contribution in [1.82, 2.24) is 0 Å². The number of hydrogen-bond acceptors (Lipinski definition) is 0. The van der Waals surface area contributed by atoms with Crippen LogP contribution in [0.15, 0.2) is 11.6 Å². The molecule has 1 unspecified atom stereocenters. The Kier molecular flexibility index (Phi) is 2.24. The Bertz CT molecular complexity index is 156. The highest BCUT2D eigenvalue weighted by Gasteiger charge is 2.23. The van der Waals surface area contributed by atoms with Crippen molar-refractivity contribution in [1.29, 1.82) is 0 Å². The summed E-state index contributed by atoms with van der Waals surface area (Å²) in [6, 6.07) is 0. The van der Waals surface area contributed by atoms with Gasteiger partial charge < -0.3 is 0 Å². The van der Waals surface area contributed by atoms with Crippen molar-refractivity contribution in [3.8, 4) is 0 Å². The van der Waals surface area contributed by atoms with Crippen molar-refractivity contribution in [3.63, 3.8) is 0 Å². The van der Waals surface area contributed by atoms with E-state index in [9.17, 15) is 0 Å². The van der Waals surface area contributed by atoms with E-state index in [1.54, 1.807) is 0 Å². The summed E-state index contributed by atoms with van der Waals surface area (Å²) >= 11 is 3.64. The highest BCUT2D eigenvalue weighted by molar-refractivity contribution is 9.09. The summed E-state index contributed by atoms with van der Waals surface area (Å²) in [6.45, 7) is 6.81. The normalized spacial score (nSPS) is 31.6. The van der Waals surface area contributed by atoms with Gasteiger partial charge in [-0.1, -0.05) is 41.4 Å². The minimum atomic E-state index is 0.439. The maximum Gasteiger partial charge on any atom is 0.0352 e. The molecule has 0 aliphatic heterocycles. The van der Waals surface area contributed by atoms with Gasteiger partial charge >= 0.3 is 0 Å². The predicted octanol–water partition coefficient (Wildman–Crippen LogP) is 3.52. The second-order valence-corrected chi connectivity index (χ2v) is 4.99. The van der Waals surface area contributed by atoms with Crippen molar-refractivity contribution in [3.05, 3.63) is 11.6 Å². The number of hydrogen-bond donors (Lipinski definition) is 0. The highest BCUT2D eigenvalue weighted by Crippen LogP contribution is 2.35. The fourth-order valence-electron chi connectivity index (χ4n) is 1.51. The summed E-state index contributed by atoms with van der Waals surface area (Å²) in [5, 5.41) is 0. The van der Waals surface area contributed by atoms with Crippen molar-refractivity contribution < 1.29 is 0 Å². The second kappa shape index (κ2) is 2.69. The van der Waals surface area contributed by atoms with Crippen molar-refractivity contribution >= 4 is 15.9 Å². The molecule has 0 saturated heterocycles. The molecule has 0 radical (unpaired) electrons. The van der Waals surface area contributed by atoms with Crippen molar-refractivity contribution in [2.45, 2.75) is 38.4 Å². The van der Waals surface area contributed by atoms with Crippen LogP contribution in [0.4, 0.5) is 0 Å². The molecule has 0 nitrogen and oxygen atoms in total. The van der Waals surface area contributed by atoms with Crippen molar-refractivity contribution in [2.75, 3.05) is 0 Å². The Labute approximate surface area is 71.8 Å². The van der Waals surface area contributed by atoms with Crippen LogP contribution in [0.25, 0.3) is 0 Å². The molecule has 0 fully saturated rings. The number of allylic oxidation sites excluding steroid dienone is 2. The highest BCUT2D eigenvalue weighted by atomic mass is 79.9. The van der Waals surface area contributed by atoms with Gasteiger partial charge in [0.25, 0.3) is 0 Å². The Morgan fingerprint density at radius 2 is 2.20 bits per heavy atom. The van der Waals surface area contributed by atoms with Crippen LogP contribution < -0.4 is 0 Å². The van der Waals surface area contributed by atoms with Crippen LogP contribution >= 0.6 is 15.9 Å². The first kappa shape index (κ1) is 8.32. The molecule has 0 heterocycles. The molecule has 0 saturated carbocycles. The van der Waals surface area contributed by atoms with Gasteiger partial charge in [-0.25, -0.2) is 0 Å². The molecule has 1 aliphatic carbocycles. The third-order valence-electron chi connectivity index (χ3n) is 2.15. The van der Waals surface area contributed by atoms with Crippen LogP contribution in [0.5, 0.6) is 0 Å². The molecule has 10 heavy (non-hydrogen) atoms. The zero-order valence-corrected chi connectivity index (χ0v) is 8.53. The Hall–Kier alpha value is 0.220. The van der Waals surface area contributed by atoms with Crippen LogP contribution in [-0.2, 0) is 0 Å². The van der Waals surface area contributed by atoms with E-state index < -0.39 is 0 Å². The first-order valence-corrected chi connectivity index (χ1v) is 4.76. The molecule has 1 heteroatoms. The van der Waals surface area contributed by atoms with Gasteiger partial charge in [-0.15, -0.1) is 0 Å². The smallest absolute Gasteiger partial charge is 0.0352 e. The zero-order chi connectivity index (χ0) is 7.78. The van der Waals surface area contributed by atoms with Crippen LogP contribution in [-0.4, -0.2) is 4.83 Å². The van der Waals surface area contributed by atoms with Crippen LogP contribution in [0.3, 0.4) is 0 Å². The summed E-state index contributed by atoms with van der Waals surface area (Å²) in [4.78, 5) is 0.639.